The van der Waals surface area contributed by atoms with E-state index in [9.17, 15) is 13.2 Å². The Hall–Kier alpha value is -1.98. The van der Waals surface area contributed by atoms with Crippen molar-refractivity contribution < 1.29 is 17.6 Å². The largest absolute Gasteiger partial charge is 0.470 e. The third kappa shape index (κ3) is 3.26. The number of furan rings is 1. The van der Waals surface area contributed by atoms with E-state index in [-0.39, 0.29) is 6.54 Å². The minimum Gasteiger partial charge on any atom is -0.470 e. The standard InChI is InChI=1S/C12H11F3N2O/c13-11(14)7-17(10-3-4-18-8-10)6-9-1-2-12(15)16-5-9/h1-5,8,11H,6-7H2. The van der Waals surface area contributed by atoms with Gasteiger partial charge in [-0.25, -0.2) is 13.8 Å². The fourth-order valence-electron chi connectivity index (χ4n) is 1.59. The third-order valence-corrected chi connectivity index (χ3v) is 2.39. The predicted molar refractivity (Wildman–Crippen MR) is 60.0 cm³/mol. The van der Waals surface area contributed by atoms with E-state index in [1.807, 2.05) is 0 Å². The van der Waals surface area contributed by atoms with E-state index < -0.39 is 18.9 Å². The molecule has 2 aromatic rings. The summed E-state index contributed by atoms with van der Waals surface area (Å²) in [4.78, 5) is 4.94. The minimum atomic E-state index is -2.46. The van der Waals surface area contributed by atoms with Crippen LogP contribution >= 0.6 is 0 Å². The monoisotopic (exact) mass is 256 g/mol. The van der Waals surface area contributed by atoms with Crippen LogP contribution in [0.2, 0.25) is 0 Å². The summed E-state index contributed by atoms with van der Waals surface area (Å²) in [7, 11) is 0. The average molecular weight is 256 g/mol. The molecule has 18 heavy (non-hydrogen) atoms. The van der Waals surface area contributed by atoms with Crippen molar-refractivity contribution in [1.29, 1.82) is 0 Å². The van der Waals surface area contributed by atoms with E-state index >= 15 is 0 Å². The Kier molecular flexibility index (Phi) is 3.86. The maximum atomic E-state index is 12.6. The van der Waals surface area contributed by atoms with E-state index in [0.717, 1.165) is 0 Å². The molecule has 0 fully saturated rings. The van der Waals surface area contributed by atoms with Crippen molar-refractivity contribution in [3.63, 3.8) is 0 Å². The number of aromatic nitrogens is 1. The number of nitrogens with zero attached hydrogens (tertiary/aromatic N) is 2. The second-order valence-corrected chi connectivity index (χ2v) is 3.74. The van der Waals surface area contributed by atoms with Crippen LogP contribution in [-0.4, -0.2) is 18.0 Å². The summed E-state index contributed by atoms with van der Waals surface area (Å²) in [6.45, 7) is -0.200. The normalized spacial score (nSPS) is 10.9. The third-order valence-electron chi connectivity index (χ3n) is 2.39. The van der Waals surface area contributed by atoms with Gasteiger partial charge in [-0.05, 0) is 17.7 Å². The van der Waals surface area contributed by atoms with Gasteiger partial charge in [0.25, 0.3) is 6.43 Å². The maximum absolute atomic E-state index is 12.6. The van der Waals surface area contributed by atoms with E-state index in [1.165, 1.54) is 35.8 Å². The Bertz CT molecular complexity index is 471. The lowest BCUT2D eigenvalue weighted by atomic mass is 10.2. The number of hydrogen-bond donors (Lipinski definition) is 0. The lowest BCUT2D eigenvalue weighted by molar-refractivity contribution is 0.154. The average Bonchev–Trinajstić information content (AvgIpc) is 2.84. The molecule has 6 heteroatoms. The Morgan fingerprint density at radius 3 is 2.67 bits per heavy atom. The highest BCUT2D eigenvalue weighted by atomic mass is 19.3. The van der Waals surface area contributed by atoms with Gasteiger partial charge in [-0.1, -0.05) is 6.07 Å². The van der Waals surface area contributed by atoms with E-state index in [2.05, 4.69) is 4.98 Å². The Balaban J connectivity index is 2.12. The smallest absolute Gasteiger partial charge is 0.255 e. The van der Waals surface area contributed by atoms with Crippen LogP contribution in [0.25, 0.3) is 0 Å². The van der Waals surface area contributed by atoms with E-state index in [1.54, 1.807) is 6.07 Å². The maximum Gasteiger partial charge on any atom is 0.255 e. The first-order chi connectivity index (χ1) is 8.65. The molecule has 96 valence electrons. The van der Waals surface area contributed by atoms with Crippen molar-refractivity contribution in [3.8, 4) is 0 Å². The molecule has 0 aromatic carbocycles. The van der Waals surface area contributed by atoms with Gasteiger partial charge in [0.05, 0.1) is 18.5 Å². The Morgan fingerprint density at radius 2 is 2.11 bits per heavy atom. The van der Waals surface area contributed by atoms with Gasteiger partial charge in [0.1, 0.15) is 6.26 Å². The molecular formula is C12H11F3N2O. The molecule has 0 atom stereocenters. The van der Waals surface area contributed by atoms with Crippen LogP contribution < -0.4 is 4.90 Å². The molecule has 0 spiro atoms. The van der Waals surface area contributed by atoms with Gasteiger partial charge in [-0.15, -0.1) is 0 Å². The van der Waals surface area contributed by atoms with Gasteiger partial charge in [0, 0.05) is 12.7 Å². The summed E-state index contributed by atoms with van der Waals surface area (Å²) in [5.74, 6) is -0.595. The zero-order valence-corrected chi connectivity index (χ0v) is 9.39. The summed E-state index contributed by atoms with van der Waals surface area (Å²) in [6.07, 6.45) is 1.66. The molecule has 0 aliphatic carbocycles. The van der Waals surface area contributed by atoms with Crippen LogP contribution in [0.15, 0.2) is 41.3 Å². The highest BCUT2D eigenvalue weighted by Crippen LogP contribution is 2.18. The molecule has 0 saturated heterocycles. The molecule has 0 aliphatic heterocycles. The van der Waals surface area contributed by atoms with Crippen LogP contribution in [0.1, 0.15) is 5.56 Å². The first-order valence-corrected chi connectivity index (χ1v) is 5.31. The Morgan fingerprint density at radius 1 is 1.28 bits per heavy atom. The predicted octanol–water partition coefficient (Wildman–Crippen LogP) is 3.09. The van der Waals surface area contributed by atoms with Crippen molar-refractivity contribution in [2.75, 3.05) is 11.4 Å². The molecule has 0 radical (unpaired) electrons. The zero-order chi connectivity index (χ0) is 13.0. The van der Waals surface area contributed by atoms with Gasteiger partial charge < -0.3 is 9.32 Å². The summed E-state index contributed by atoms with van der Waals surface area (Å²) in [6, 6.07) is 4.31. The molecule has 0 amide bonds. The second-order valence-electron chi connectivity index (χ2n) is 3.74. The number of hydrogen-bond acceptors (Lipinski definition) is 3. The summed E-state index contributed by atoms with van der Waals surface area (Å²) in [5.41, 5.74) is 1.21. The van der Waals surface area contributed by atoms with E-state index in [0.29, 0.717) is 11.3 Å². The Labute approximate surface area is 102 Å². The molecule has 0 unspecified atom stereocenters. The van der Waals surface area contributed by atoms with Crippen molar-refractivity contribution in [1.82, 2.24) is 4.98 Å². The molecular weight excluding hydrogens is 245 g/mol. The fraction of sp³-hybridized carbons (Fsp3) is 0.250. The molecule has 0 saturated carbocycles. The lowest BCUT2D eigenvalue weighted by Gasteiger charge is -2.22. The molecule has 0 aliphatic rings. The van der Waals surface area contributed by atoms with Crippen molar-refractivity contribution in [2.45, 2.75) is 13.0 Å². The number of halogens is 3. The molecule has 2 heterocycles. The SMILES string of the molecule is Fc1ccc(CN(CC(F)F)c2ccoc2)cn1. The van der Waals surface area contributed by atoms with Gasteiger partial charge >= 0.3 is 0 Å². The van der Waals surface area contributed by atoms with Crippen LogP contribution in [0.3, 0.4) is 0 Å². The first-order valence-electron chi connectivity index (χ1n) is 5.31. The number of anilines is 1. The second kappa shape index (κ2) is 5.57. The van der Waals surface area contributed by atoms with Crippen molar-refractivity contribution >= 4 is 5.69 Å². The lowest BCUT2D eigenvalue weighted by Crippen LogP contribution is -2.28. The van der Waals surface area contributed by atoms with Crippen LogP contribution in [0.5, 0.6) is 0 Å². The fourth-order valence-corrected chi connectivity index (χ4v) is 1.59. The zero-order valence-electron chi connectivity index (χ0n) is 9.39. The number of rotatable bonds is 5. The number of pyridine rings is 1. The summed E-state index contributed by atoms with van der Waals surface area (Å²) >= 11 is 0. The van der Waals surface area contributed by atoms with Crippen molar-refractivity contribution in [2.24, 2.45) is 0 Å². The molecule has 0 N–H and O–H groups in total. The highest BCUT2D eigenvalue weighted by Gasteiger charge is 2.14. The molecule has 2 aromatic heterocycles. The minimum absolute atomic E-state index is 0.219. The summed E-state index contributed by atoms with van der Waals surface area (Å²) < 4.78 is 42.5. The molecule has 2 rings (SSSR count). The van der Waals surface area contributed by atoms with Gasteiger partial charge in [-0.3, -0.25) is 0 Å². The molecule has 0 bridgehead atoms. The summed E-state index contributed by atoms with van der Waals surface area (Å²) in [5, 5.41) is 0. The van der Waals surface area contributed by atoms with Gasteiger partial charge in [-0.2, -0.15) is 4.39 Å². The van der Waals surface area contributed by atoms with Gasteiger partial charge in [0.15, 0.2) is 0 Å². The first kappa shape index (κ1) is 12.5. The van der Waals surface area contributed by atoms with Crippen LogP contribution in [0.4, 0.5) is 18.9 Å². The van der Waals surface area contributed by atoms with Gasteiger partial charge in [0.2, 0.25) is 5.95 Å². The van der Waals surface area contributed by atoms with E-state index in [4.69, 9.17) is 4.42 Å². The number of alkyl halides is 2. The molecule has 3 nitrogen and oxygen atoms in total. The highest BCUT2D eigenvalue weighted by molar-refractivity contribution is 5.43. The topological polar surface area (TPSA) is 29.3 Å². The van der Waals surface area contributed by atoms with Crippen LogP contribution in [-0.2, 0) is 6.54 Å². The van der Waals surface area contributed by atoms with Crippen molar-refractivity contribution in [3.05, 3.63) is 48.4 Å². The van der Waals surface area contributed by atoms with Crippen LogP contribution in [0, 0.1) is 5.95 Å². The quantitative estimate of drug-likeness (QED) is 0.770.